The number of benzene rings is 2. The van der Waals surface area contributed by atoms with Gasteiger partial charge in [-0.05, 0) is 70.5 Å². The van der Waals surface area contributed by atoms with Crippen LogP contribution in [-0.2, 0) is 47.5 Å². The van der Waals surface area contributed by atoms with Gasteiger partial charge >= 0.3 is 17.9 Å². The van der Waals surface area contributed by atoms with Crippen LogP contribution in [0.4, 0.5) is 0 Å². The van der Waals surface area contributed by atoms with Crippen molar-refractivity contribution in [2.24, 2.45) is 16.7 Å². The molecule has 0 amide bonds. The highest BCUT2D eigenvalue weighted by atomic mass is 16.6. The Morgan fingerprint density at radius 2 is 1.57 bits per heavy atom. The summed E-state index contributed by atoms with van der Waals surface area (Å²) in [4.78, 5) is 59.6. The van der Waals surface area contributed by atoms with E-state index in [9.17, 15) is 19.5 Å². The number of ketones is 1. The molecule has 314 valence electrons. The van der Waals surface area contributed by atoms with Gasteiger partial charge in [0.1, 0.15) is 35.7 Å². The summed E-state index contributed by atoms with van der Waals surface area (Å²) >= 11 is 0. The van der Waals surface area contributed by atoms with Crippen LogP contribution < -0.4 is 0 Å². The Labute approximate surface area is 340 Å². The van der Waals surface area contributed by atoms with Gasteiger partial charge in [-0.25, -0.2) is 9.59 Å². The van der Waals surface area contributed by atoms with E-state index in [0.717, 1.165) is 11.1 Å². The Balaban J connectivity index is 1.41. The lowest BCUT2D eigenvalue weighted by molar-refractivity contribution is -0.347. The highest BCUT2D eigenvalue weighted by Gasteiger charge is 2.78. The van der Waals surface area contributed by atoms with Crippen molar-refractivity contribution < 1.29 is 57.4 Å². The molecule has 7 rings (SSSR count). The predicted molar refractivity (Wildman–Crippen MR) is 209 cm³/mol. The molecule has 2 saturated heterocycles. The third kappa shape index (κ3) is 6.18. The fourth-order valence-electron chi connectivity index (χ4n) is 10.8. The van der Waals surface area contributed by atoms with Crippen LogP contribution in [0, 0.1) is 23.7 Å². The second kappa shape index (κ2) is 14.6. The van der Waals surface area contributed by atoms with Crippen LogP contribution >= 0.6 is 0 Å². The molecule has 58 heavy (non-hydrogen) atoms. The van der Waals surface area contributed by atoms with E-state index in [1.807, 2.05) is 57.0 Å². The molecular formula is C45H57NO12. The number of Topliss-reactive ketones (excluding diaryl/α,β-unsaturated/α-hetero) is 1. The van der Waals surface area contributed by atoms with Gasteiger partial charge in [0.15, 0.2) is 17.5 Å². The number of aliphatic hydroxyl groups is 1. The van der Waals surface area contributed by atoms with E-state index in [1.54, 1.807) is 58.0 Å². The number of carbonyl (C=O) groups is 4. The zero-order chi connectivity index (χ0) is 42.3. The molecule has 2 saturated carbocycles. The fraction of sp³-hybridized carbons (Fsp3) is 0.600. The lowest BCUT2D eigenvalue weighted by Crippen LogP contribution is -2.82. The number of ether oxygens (including phenoxy) is 7. The number of likely N-dealkylation sites (N-methyl/N-ethyl adjacent to an activating group) is 1. The quantitative estimate of drug-likeness (QED) is 0.215. The molecule has 4 fully saturated rings. The molecule has 5 aliphatic rings. The van der Waals surface area contributed by atoms with Crippen LogP contribution in [-0.4, -0.2) is 115 Å². The average molecular weight is 804 g/mol. The average Bonchev–Trinajstić information content (AvgIpc) is 3.41. The fourth-order valence-corrected chi connectivity index (χ4v) is 10.8. The predicted octanol–water partition coefficient (Wildman–Crippen LogP) is 5.06. The number of hydrogen-bond acceptors (Lipinski definition) is 13. The number of esters is 3. The van der Waals surface area contributed by atoms with Crippen molar-refractivity contribution in [3.05, 3.63) is 82.4 Å². The second-order valence-electron chi connectivity index (χ2n) is 18.0. The minimum absolute atomic E-state index is 0.127. The molecule has 11 atom stereocenters. The van der Waals surface area contributed by atoms with E-state index < -0.39 is 100 Å². The molecule has 9 unspecified atom stereocenters. The molecule has 0 aromatic heterocycles. The number of nitrogens with zero attached hydrogens (tertiary/aromatic N) is 1. The van der Waals surface area contributed by atoms with Crippen LogP contribution in [0.3, 0.4) is 0 Å². The number of aryl methyl sites for hydroxylation is 1. The zero-order valence-electron chi connectivity index (χ0n) is 35.3. The lowest BCUT2D eigenvalue weighted by atomic mass is 9.44. The molecule has 2 bridgehead atoms. The molecule has 13 heteroatoms. The monoisotopic (exact) mass is 803 g/mol. The zero-order valence-corrected chi connectivity index (χ0v) is 35.3. The summed E-state index contributed by atoms with van der Waals surface area (Å²) in [6, 6.07) is 15.7. The Hall–Kier alpha value is -3.98. The van der Waals surface area contributed by atoms with E-state index in [2.05, 4.69) is 0 Å². The molecule has 1 N–H and O–H groups in total. The third-order valence-electron chi connectivity index (χ3n) is 14.3. The van der Waals surface area contributed by atoms with Gasteiger partial charge in [-0.15, -0.1) is 0 Å². The van der Waals surface area contributed by atoms with Gasteiger partial charge in [0, 0.05) is 39.4 Å². The van der Waals surface area contributed by atoms with Gasteiger partial charge < -0.3 is 38.3 Å². The molecule has 0 radical (unpaired) electrons. The number of methoxy groups -OCH3 is 2. The van der Waals surface area contributed by atoms with E-state index >= 15 is 4.79 Å². The molecule has 2 aromatic rings. The first-order chi connectivity index (χ1) is 27.2. The number of hydrogen-bond donors (Lipinski definition) is 1. The van der Waals surface area contributed by atoms with Crippen LogP contribution in [0.15, 0.2) is 65.7 Å². The first kappa shape index (κ1) is 42.2. The Bertz CT molecular complexity index is 1990. The van der Waals surface area contributed by atoms with Gasteiger partial charge in [0.25, 0.3) is 0 Å². The first-order valence-corrected chi connectivity index (χ1v) is 20.0. The summed E-state index contributed by atoms with van der Waals surface area (Å²) in [6.45, 7) is 13.9. The first-order valence-electron chi connectivity index (χ1n) is 20.0. The van der Waals surface area contributed by atoms with Crippen molar-refractivity contribution in [2.75, 3.05) is 27.9 Å². The molecule has 2 aliphatic heterocycles. The second-order valence-corrected chi connectivity index (χ2v) is 18.0. The van der Waals surface area contributed by atoms with Crippen LogP contribution in [0.25, 0.3) is 0 Å². The number of fused-ring (bicyclic) bond motifs is 5. The van der Waals surface area contributed by atoms with E-state index in [-0.39, 0.29) is 25.0 Å². The van der Waals surface area contributed by atoms with E-state index in [1.165, 1.54) is 21.1 Å². The van der Waals surface area contributed by atoms with Crippen LogP contribution in [0.2, 0.25) is 0 Å². The van der Waals surface area contributed by atoms with Crippen molar-refractivity contribution in [3.63, 3.8) is 0 Å². The van der Waals surface area contributed by atoms with Gasteiger partial charge in [-0.3, -0.25) is 14.5 Å². The van der Waals surface area contributed by atoms with Crippen LogP contribution in [0.5, 0.6) is 0 Å². The summed E-state index contributed by atoms with van der Waals surface area (Å²) in [5.41, 5.74) is -4.38. The maximum atomic E-state index is 15.6. The minimum atomic E-state index is -2.09. The molecule has 13 nitrogen and oxygen atoms in total. The summed E-state index contributed by atoms with van der Waals surface area (Å²) < 4.78 is 44.0. The van der Waals surface area contributed by atoms with Crippen molar-refractivity contribution in [2.45, 2.75) is 128 Å². The maximum Gasteiger partial charge on any atom is 0.338 e. The van der Waals surface area contributed by atoms with E-state index in [4.69, 9.17) is 33.2 Å². The van der Waals surface area contributed by atoms with Crippen molar-refractivity contribution in [3.8, 4) is 0 Å². The molecule has 2 heterocycles. The van der Waals surface area contributed by atoms with Gasteiger partial charge in [-0.1, -0.05) is 61.9 Å². The van der Waals surface area contributed by atoms with Crippen LogP contribution in [0.1, 0.15) is 88.8 Å². The Morgan fingerprint density at radius 1 is 0.914 bits per heavy atom. The highest BCUT2D eigenvalue weighted by Crippen LogP contribution is 2.65. The van der Waals surface area contributed by atoms with Gasteiger partial charge in [-0.2, -0.15) is 0 Å². The maximum absolute atomic E-state index is 15.6. The normalized spacial score (nSPS) is 37.7. The topological polar surface area (TPSA) is 156 Å². The van der Waals surface area contributed by atoms with Gasteiger partial charge in [0.2, 0.25) is 0 Å². The summed E-state index contributed by atoms with van der Waals surface area (Å²) in [7, 11) is 4.79. The molecule has 2 aromatic carbocycles. The summed E-state index contributed by atoms with van der Waals surface area (Å²) in [6.07, 6.45) is -6.71. The lowest BCUT2D eigenvalue weighted by Gasteiger charge is -2.67. The smallest absolute Gasteiger partial charge is 0.338 e. The van der Waals surface area contributed by atoms with Gasteiger partial charge in [0.05, 0.1) is 35.6 Å². The molecule has 0 spiro atoms. The SMILES string of the molecule is COC1C(=O)[C@]2(C)C(OC)CC3OCC3(OC(C)=O)C2C(OC(=O)c2ccccc2)C2(O)CC(OC(=O)C3OC(C)(C)N(C)[C@H]3c3ccc(C)cc3)C(C)=C1C2(C)C. The Morgan fingerprint density at radius 3 is 2.14 bits per heavy atom. The standard InChI is InChI=1S/C45H57NO12/c1-24-17-19-27(20-18-24)33-35(58-42(6,7)46(33)9)40(50)55-29-22-45(51)38(56-39(49)28-15-13-12-14-16-28)36-43(8,37(48)34(53-11)32(25(29)2)41(45,4)5)30(52-10)21-31-44(36,23-54-31)57-26(3)47/h12-20,29-31,33-36,38,51H,21-23H2,1-11H3/t29?,30?,31?,33-,34?,35?,36?,38?,43+,44?,45?/m0/s1. The number of carbonyl (C=O) groups excluding carboxylic acids is 4. The van der Waals surface area contributed by atoms with E-state index in [0.29, 0.717) is 11.1 Å². The van der Waals surface area contributed by atoms with Crippen molar-refractivity contribution >= 4 is 23.7 Å². The number of rotatable bonds is 8. The summed E-state index contributed by atoms with van der Waals surface area (Å²) in [5, 5.41) is 13.8. The highest BCUT2D eigenvalue weighted by molar-refractivity contribution is 5.94. The van der Waals surface area contributed by atoms with Crippen molar-refractivity contribution in [1.82, 2.24) is 4.90 Å². The third-order valence-corrected chi connectivity index (χ3v) is 14.3. The largest absolute Gasteiger partial charge is 0.456 e. The molecule has 3 aliphatic carbocycles. The minimum Gasteiger partial charge on any atom is -0.456 e. The molecular weight excluding hydrogens is 746 g/mol. The summed E-state index contributed by atoms with van der Waals surface area (Å²) in [5.74, 6) is -3.73. The van der Waals surface area contributed by atoms with Crippen molar-refractivity contribution in [1.29, 1.82) is 0 Å². The Kier molecular flexibility index (Phi) is 10.6.